The first kappa shape index (κ1) is 13.5. The van der Waals surface area contributed by atoms with E-state index in [4.69, 9.17) is 9.47 Å². The molecule has 2 heterocycles. The Balaban J connectivity index is 1.74. The summed E-state index contributed by atoms with van der Waals surface area (Å²) in [7, 11) is -3.38. The third-order valence-electron chi connectivity index (χ3n) is 3.58. The van der Waals surface area contributed by atoms with Crippen molar-refractivity contribution in [2.75, 3.05) is 12.4 Å². The first-order chi connectivity index (χ1) is 10.6. The maximum atomic E-state index is 12.3. The van der Waals surface area contributed by atoms with Gasteiger partial charge in [-0.1, -0.05) is 12.1 Å². The molecule has 2 aromatic rings. The van der Waals surface area contributed by atoms with Gasteiger partial charge in [0.25, 0.3) is 0 Å². The summed E-state index contributed by atoms with van der Waals surface area (Å²) in [5.74, 6) is 1.11. The van der Waals surface area contributed by atoms with E-state index in [1.165, 1.54) is 6.07 Å². The Hall–Kier alpha value is -2.18. The van der Waals surface area contributed by atoms with Crippen LogP contribution in [-0.2, 0) is 14.6 Å². The molecule has 6 heteroatoms. The normalized spacial score (nSPS) is 18.8. The first-order valence-electron chi connectivity index (χ1n) is 6.91. The molecule has 0 aromatic heterocycles. The Labute approximate surface area is 128 Å². The van der Waals surface area contributed by atoms with E-state index in [2.05, 4.69) is 4.99 Å². The number of benzene rings is 2. The molecule has 0 saturated carbocycles. The SMILES string of the molecule is O=S(=O)(CC1CO1)c1ccc2c(c1)Oc1ccccc1C=N2. The van der Waals surface area contributed by atoms with E-state index in [-0.39, 0.29) is 16.8 Å². The summed E-state index contributed by atoms with van der Waals surface area (Å²) in [4.78, 5) is 4.59. The summed E-state index contributed by atoms with van der Waals surface area (Å²) in [5.41, 5.74) is 1.47. The van der Waals surface area contributed by atoms with Gasteiger partial charge in [-0.15, -0.1) is 0 Å². The van der Waals surface area contributed by atoms with Gasteiger partial charge in [-0.25, -0.2) is 8.42 Å². The van der Waals surface area contributed by atoms with Gasteiger partial charge < -0.3 is 9.47 Å². The van der Waals surface area contributed by atoms with Crippen LogP contribution in [0.1, 0.15) is 5.56 Å². The Kier molecular flexibility index (Phi) is 3.02. The Bertz CT molecular complexity index is 869. The van der Waals surface area contributed by atoms with Gasteiger partial charge in [0.1, 0.15) is 11.4 Å². The van der Waals surface area contributed by atoms with Crippen LogP contribution < -0.4 is 4.74 Å². The fourth-order valence-electron chi connectivity index (χ4n) is 2.32. The van der Waals surface area contributed by atoms with Gasteiger partial charge in [0, 0.05) is 17.8 Å². The van der Waals surface area contributed by atoms with E-state index in [1.807, 2.05) is 24.3 Å². The lowest BCUT2D eigenvalue weighted by Crippen LogP contribution is -2.11. The molecule has 1 saturated heterocycles. The lowest BCUT2D eigenvalue weighted by atomic mass is 10.2. The molecular formula is C16H13NO4S. The van der Waals surface area contributed by atoms with Crippen LogP contribution in [0.15, 0.2) is 52.4 Å². The van der Waals surface area contributed by atoms with Crippen molar-refractivity contribution < 1.29 is 17.9 Å². The molecule has 2 aliphatic heterocycles. The highest BCUT2D eigenvalue weighted by Crippen LogP contribution is 2.37. The van der Waals surface area contributed by atoms with Crippen LogP contribution in [0.3, 0.4) is 0 Å². The first-order valence-corrected chi connectivity index (χ1v) is 8.56. The molecule has 5 nitrogen and oxygen atoms in total. The van der Waals surface area contributed by atoms with Crippen molar-refractivity contribution >= 4 is 21.7 Å². The van der Waals surface area contributed by atoms with Crippen molar-refractivity contribution in [3.63, 3.8) is 0 Å². The van der Waals surface area contributed by atoms with Crippen LogP contribution in [0.2, 0.25) is 0 Å². The van der Waals surface area contributed by atoms with E-state index in [0.717, 1.165) is 5.56 Å². The number of rotatable bonds is 3. The molecule has 0 spiro atoms. The van der Waals surface area contributed by atoms with Gasteiger partial charge in [-0.2, -0.15) is 0 Å². The smallest absolute Gasteiger partial charge is 0.181 e. The quantitative estimate of drug-likeness (QED) is 0.697. The molecule has 112 valence electrons. The monoisotopic (exact) mass is 315 g/mol. The van der Waals surface area contributed by atoms with Gasteiger partial charge in [0.05, 0.1) is 23.4 Å². The van der Waals surface area contributed by atoms with Gasteiger partial charge >= 0.3 is 0 Å². The fraction of sp³-hybridized carbons (Fsp3) is 0.188. The van der Waals surface area contributed by atoms with Crippen LogP contribution >= 0.6 is 0 Å². The predicted molar refractivity (Wildman–Crippen MR) is 82.0 cm³/mol. The standard InChI is InChI=1S/C16H13NO4S/c18-22(19,10-12-9-20-12)13-5-6-14-16(7-13)21-15-4-2-1-3-11(15)8-17-14/h1-8,12H,9-10H2. The number of para-hydroxylation sites is 1. The topological polar surface area (TPSA) is 68.3 Å². The third kappa shape index (κ3) is 2.51. The fourth-order valence-corrected chi connectivity index (χ4v) is 3.76. The summed E-state index contributed by atoms with van der Waals surface area (Å²) in [5, 5.41) is 0. The lowest BCUT2D eigenvalue weighted by Gasteiger charge is -2.10. The number of fused-ring (bicyclic) bond motifs is 2. The second-order valence-electron chi connectivity index (χ2n) is 5.26. The maximum absolute atomic E-state index is 12.3. The lowest BCUT2D eigenvalue weighted by molar-refractivity contribution is 0.422. The van der Waals surface area contributed by atoms with Gasteiger partial charge in [-0.05, 0) is 24.3 Å². The highest BCUT2D eigenvalue weighted by atomic mass is 32.2. The molecule has 1 unspecified atom stereocenters. The minimum atomic E-state index is -3.38. The van der Waals surface area contributed by atoms with Crippen LogP contribution in [-0.4, -0.2) is 33.1 Å². The molecule has 0 radical (unpaired) electrons. The zero-order valence-electron chi connectivity index (χ0n) is 11.6. The molecule has 1 atom stereocenters. The van der Waals surface area contributed by atoms with Crippen molar-refractivity contribution in [3.8, 4) is 11.5 Å². The second kappa shape index (κ2) is 4.93. The van der Waals surface area contributed by atoms with Crippen molar-refractivity contribution in [2.24, 2.45) is 4.99 Å². The van der Waals surface area contributed by atoms with Gasteiger partial charge in [-0.3, -0.25) is 4.99 Å². The molecule has 2 aliphatic rings. The molecule has 1 fully saturated rings. The molecular weight excluding hydrogens is 302 g/mol. The number of hydrogen-bond acceptors (Lipinski definition) is 5. The van der Waals surface area contributed by atoms with Crippen molar-refractivity contribution in [3.05, 3.63) is 48.0 Å². The van der Waals surface area contributed by atoms with E-state index in [1.54, 1.807) is 18.3 Å². The molecule has 22 heavy (non-hydrogen) atoms. The largest absolute Gasteiger partial charge is 0.454 e. The third-order valence-corrected chi connectivity index (χ3v) is 5.36. The summed E-state index contributed by atoms with van der Waals surface area (Å²) in [6, 6.07) is 12.2. The van der Waals surface area contributed by atoms with E-state index >= 15 is 0 Å². The summed E-state index contributed by atoms with van der Waals surface area (Å²) < 4.78 is 35.5. The van der Waals surface area contributed by atoms with Gasteiger partial charge in [0.2, 0.25) is 0 Å². The number of sulfone groups is 1. The van der Waals surface area contributed by atoms with Crippen molar-refractivity contribution in [1.82, 2.24) is 0 Å². The average Bonchev–Trinajstić information content (AvgIpc) is 3.31. The number of hydrogen-bond donors (Lipinski definition) is 0. The van der Waals surface area contributed by atoms with Crippen molar-refractivity contribution in [2.45, 2.75) is 11.0 Å². The Morgan fingerprint density at radius 1 is 1.14 bits per heavy atom. The van der Waals surface area contributed by atoms with Crippen LogP contribution in [0.25, 0.3) is 0 Å². The molecule has 2 aromatic carbocycles. The zero-order chi connectivity index (χ0) is 15.2. The van der Waals surface area contributed by atoms with Crippen molar-refractivity contribution in [1.29, 1.82) is 0 Å². The molecule has 0 bridgehead atoms. The average molecular weight is 315 g/mol. The minimum Gasteiger partial charge on any atom is -0.454 e. The summed E-state index contributed by atoms with van der Waals surface area (Å²) >= 11 is 0. The minimum absolute atomic E-state index is 0.00560. The number of aliphatic imine (C=N–C) groups is 1. The number of ether oxygens (including phenoxy) is 2. The van der Waals surface area contributed by atoms with Crippen LogP contribution in [0.4, 0.5) is 5.69 Å². The van der Waals surface area contributed by atoms with E-state index in [0.29, 0.717) is 23.8 Å². The Morgan fingerprint density at radius 3 is 2.77 bits per heavy atom. The summed E-state index contributed by atoms with van der Waals surface area (Å²) in [6.07, 6.45) is 1.54. The highest BCUT2D eigenvalue weighted by molar-refractivity contribution is 7.91. The van der Waals surface area contributed by atoms with Crippen LogP contribution in [0, 0.1) is 0 Å². The van der Waals surface area contributed by atoms with Crippen LogP contribution in [0.5, 0.6) is 11.5 Å². The Morgan fingerprint density at radius 2 is 1.95 bits per heavy atom. The molecule has 0 amide bonds. The maximum Gasteiger partial charge on any atom is 0.181 e. The molecule has 4 rings (SSSR count). The number of nitrogens with zero attached hydrogens (tertiary/aromatic N) is 1. The van der Waals surface area contributed by atoms with E-state index in [9.17, 15) is 8.42 Å². The van der Waals surface area contributed by atoms with Gasteiger partial charge in [0.15, 0.2) is 15.6 Å². The van der Waals surface area contributed by atoms with E-state index < -0.39 is 9.84 Å². The highest BCUT2D eigenvalue weighted by Gasteiger charge is 2.31. The summed E-state index contributed by atoms with van der Waals surface area (Å²) in [6.45, 7) is 0.512. The second-order valence-corrected chi connectivity index (χ2v) is 7.30. The number of epoxide rings is 1. The molecule has 0 N–H and O–H groups in total. The zero-order valence-corrected chi connectivity index (χ0v) is 12.4. The predicted octanol–water partition coefficient (Wildman–Crippen LogP) is 2.72. The molecule has 0 aliphatic carbocycles.